The van der Waals surface area contributed by atoms with E-state index in [1.165, 1.54) is 0 Å². The Labute approximate surface area is 83.3 Å². The lowest BCUT2D eigenvalue weighted by molar-refractivity contribution is -0.0224. The summed E-state index contributed by atoms with van der Waals surface area (Å²) < 4.78 is 23.7. The Kier molecular flexibility index (Phi) is 8.46. The van der Waals surface area contributed by atoms with E-state index in [1.54, 1.807) is 0 Å². The lowest BCUT2D eigenvalue weighted by atomic mass is 10.0. The van der Waals surface area contributed by atoms with Crippen LogP contribution in [0.2, 0.25) is 0 Å². The molecule has 0 spiro atoms. The second kappa shape index (κ2) is 6.83. The number of rotatable bonds is 3. The first-order valence-corrected chi connectivity index (χ1v) is 3.44. The Balaban J connectivity index is 0. The molecule has 0 aromatic heterocycles. The summed E-state index contributed by atoms with van der Waals surface area (Å²) in [5, 5.41) is 0. The monoisotopic (exact) mass is 222 g/mol. The first-order chi connectivity index (χ1) is 4.74. The van der Waals surface area contributed by atoms with Gasteiger partial charge in [-0.05, 0) is 0 Å². The van der Waals surface area contributed by atoms with Gasteiger partial charge in [-0.1, -0.05) is 0 Å². The molecule has 2 nitrogen and oxygen atoms in total. The fourth-order valence-electron chi connectivity index (χ4n) is 1.13. The van der Waals surface area contributed by atoms with Gasteiger partial charge in [0.05, 0.1) is 0 Å². The molecule has 0 radical (unpaired) electrons. The molecule has 0 bridgehead atoms. The van der Waals surface area contributed by atoms with E-state index in [1.807, 2.05) is 4.90 Å². The minimum absolute atomic E-state index is 0. The molecule has 0 amide bonds. The molecule has 12 heavy (non-hydrogen) atoms. The van der Waals surface area contributed by atoms with E-state index < -0.39 is 12.3 Å². The molecule has 1 fully saturated rings. The Bertz CT molecular complexity index is 110. The molecule has 1 aliphatic heterocycles. The van der Waals surface area contributed by atoms with E-state index in [2.05, 4.69) is 0 Å². The Morgan fingerprint density at radius 1 is 1.33 bits per heavy atom. The summed E-state index contributed by atoms with van der Waals surface area (Å²) in [6, 6.07) is 0. The summed E-state index contributed by atoms with van der Waals surface area (Å²) in [5.74, 6) is -0.397. The van der Waals surface area contributed by atoms with Crippen molar-refractivity contribution in [2.75, 3.05) is 26.2 Å². The number of hydrogen-bond acceptors (Lipinski definition) is 2. The maximum atomic E-state index is 11.8. The third-order valence-corrected chi connectivity index (χ3v) is 1.79. The molecule has 0 saturated carbocycles. The van der Waals surface area contributed by atoms with Crippen LogP contribution in [0.1, 0.15) is 0 Å². The van der Waals surface area contributed by atoms with Crippen LogP contribution in [0.15, 0.2) is 0 Å². The fraction of sp³-hybridized carbons (Fsp3) is 1.00. The molecule has 0 aliphatic carbocycles. The van der Waals surface area contributed by atoms with Crippen LogP contribution >= 0.6 is 24.8 Å². The third-order valence-electron chi connectivity index (χ3n) is 1.79. The van der Waals surface area contributed by atoms with Gasteiger partial charge in [-0.15, -0.1) is 24.8 Å². The Morgan fingerprint density at radius 2 is 1.83 bits per heavy atom. The average molecular weight is 223 g/mol. The third kappa shape index (κ3) is 3.85. The molecule has 2 N–H and O–H groups in total. The summed E-state index contributed by atoms with van der Waals surface area (Å²) in [4.78, 5) is 1.94. The Morgan fingerprint density at radius 3 is 2.17 bits per heavy atom. The number of nitrogens with two attached hydrogens (primary N) is 1. The molecule has 0 unspecified atom stereocenters. The van der Waals surface area contributed by atoms with Crippen LogP contribution in [0, 0.1) is 5.92 Å². The van der Waals surface area contributed by atoms with Gasteiger partial charge >= 0.3 is 0 Å². The molecular weight excluding hydrogens is 209 g/mol. The lowest BCUT2D eigenvalue weighted by Crippen LogP contribution is -2.51. The van der Waals surface area contributed by atoms with Gasteiger partial charge in [0.2, 0.25) is 6.43 Å². The van der Waals surface area contributed by atoms with E-state index >= 15 is 0 Å². The molecule has 0 aromatic carbocycles. The molecule has 0 aromatic rings. The molecule has 1 rings (SSSR count). The minimum Gasteiger partial charge on any atom is -0.329 e. The maximum absolute atomic E-state index is 11.8. The van der Waals surface area contributed by atoms with Crippen molar-refractivity contribution in [3.8, 4) is 0 Å². The van der Waals surface area contributed by atoms with Crippen molar-refractivity contribution in [1.82, 2.24) is 4.90 Å². The standard InChI is InChI=1S/C6H12F2N2.2ClH/c7-6(8)5-3-10(4-5)2-1-9;;/h5-6H,1-4,9H2;2*1H. The first kappa shape index (κ1) is 14.9. The predicted octanol–water partition coefficient (Wildman–Crippen LogP) is 0.986. The van der Waals surface area contributed by atoms with Gasteiger partial charge in [0, 0.05) is 32.1 Å². The zero-order valence-electron chi connectivity index (χ0n) is 6.58. The summed E-state index contributed by atoms with van der Waals surface area (Å²) in [5.41, 5.74) is 5.23. The Hall–Kier alpha value is 0.360. The minimum atomic E-state index is -2.14. The molecule has 6 heteroatoms. The molecular formula is C6H14Cl2F2N2. The van der Waals surface area contributed by atoms with Crippen LogP contribution in [0.3, 0.4) is 0 Å². The van der Waals surface area contributed by atoms with Crippen molar-refractivity contribution >= 4 is 24.8 Å². The molecule has 76 valence electrons. The van der Waals surface area contributed by atoms with Crippen LogP contribution in [-0.4, -0.2) is 37.5 Å². The van der Waals surface area contributed by atoms with Crippen LogP contribution in [0.25, 0.3) is 0 Å². The zero-order chi connectivity index (χ0) is 7.56. The molecule has 1 aliphatic rings. The zero-order valence-corrected chi connectivity index (χ0v) is 8.21. The highest BCUT2D eigenvalue weighted by molar-refractivity contribution is 5.85. The number of nitrogens with zero attached hydrogens (tertiary/aromatic N) is 1. The van der Waals surface area contributed by atoms with Gasteiger partial charge in [0.1, 0.15) is 0 Å². The van der Waals surface area contributed by atoms with Crippen molar-refractivity contribution in [1.29, 1.82) is 0 Å². The predicted molar refractivity (Wildman–Crippen MR) is 49.5 cm³/mol. The molecule has 0 atom stereocenters. The number of halogens is 4. The van der Waals surface area contributed by atoms with Crippen molar-refractivity contribution < 1.29 is 8.78 Å². The normalized spacial score (nSPS) is 18.0. The first-order valence-electron chi connectivity index (χ1n) is 3.44. The van der Waals surface area contributed by atoms with Crippen molar-refractivity contribution in [2.24, 2.45) is 11.7 Å². The average Bonchev–Trinajstić information content (AvgIpc) is 1.76. The van der Waals surface area contributed by atoms with Gasteiger partial charge in [-0.3, -0.25) is 0 Å². The summed E-state index contributed by atoms with van der Waals surface area (Å²) >= 11 is 0. The summed E-state index contributed by atoms with van der Waals surface area (Å²) in [7, 11) is 0. The lowest BCUT2D eigenvalue weighted by Gasteiger charge is -2.38. The molecule has 1 saturated heterocycles. The van der Waals surface area contributed by atoms with Crippen LogP contribution in [0.5, 0.6) is 0 Å². The fourth-order valence-corrected chi connectivity index (χ4v) is 1.13. The summed E-state index contributed by atoms with van der Waals surface area (Å²) in [6.07, 6.45) is -2.14. The van der Waals surface area contributed by atoms with E-state index in [9.17, 15) is 8.78 Å². The van der Waals surface area contributed by atoms with Gasteiger partial charge in [0.15, 0.2) is 0 Å². The van der Waals surface area contributed by atoms with Gasteiger partial charge in [0.25, 0.3) is 0 Å². The number of hydrogen-bond donors (Lipinski definition) is 1. The van der Waals surface area contributed by atoms with E-state index in [-0.39, 0.29) is 24.8 Å². The van der Waals surface area contributed by atoms with Crippen LogP contribution < -0.4 is 5.73 Å². The number of alkyl halides is 2. The van der Waals surface area contributed by atoms with E-state index in [0.717, 1.165) is 6.54 Å². The quantitative estimate of drug-likeness (QED) is 0.772. The topological polar surface area (TPSA) is 29.3 Å². The van der Waals surface area contributed by atoms with Crippen molar-refractivity contribution in [2.45, 2.75) is 6.43 Å². The highest BCUT2D eigenvalue weighted by Crippen LogP contribution is 2.21. The second-order valence-electron chi connectivity index (χ2n) is 2.64. The summed E-state index contributed by atoms with van der Waals surface area (Å²) in [6.45, 7) is 2.36. The second-order valence-corrected chi connectivity index (χ2v) is 2.64. The van der Waals surface area contributed by atoms with Gasteiger partial charge in [-0.2, -0.15) is 0 Å². The van der Waals surface area contributed by atoms with Crippen molar-refractivity contribution in [3.63, 3.8) is 0 Å². The molecule has 1 heterocycles. The van der Waals surface area contributed by atoms with Crippen molar-refractivity contribution in [3.05, 3.63) is 0 Å². The maximum Gasteiger partial charge on any atom is 0.243 e. The number of likely N-dealkylation sites (tertiary alicyclic amines) is 1. The SMILES string of the molecule is Cl.Cl.NCCN1CC(C(F)F)C1. The van der Waals surface area contributed by atoms with E-state index in [4.69, 9.17) is 5.73 Å². The highest BCUT2D eigenvalue weighted by Gasteiger charge is 2.32. The largest absolute Gasteiger partial charge is 0.329 e. The highest BCUT2D eigenvalue weighted by atomic mass is 35.5. The van der Waals surface area contributed by atoms with Crippen LogP contribution in [0.4, 0.5) is 8.78 Å². The van der Waals surface area contributed by atoms with Gasteiger partial charge < -0.3 is 10.6 Å². The smallest absolute Gasteiger partial charge is 0.243 e. The van der Waals surface area contributed by atoms with E-state index in [0.29, 0.717) is 19.6 Å². The van der Waals surface area contributed by atoms with Gasteiger partial charge in [-0.25, -0.2) is 8.78 Å². The van der Waals surface area contributed by atoms with Crippen LogP contribution in [-0.2, 0) is 0 Å².